The van der Waals surface area contributed by atoms with Crippen LogP contribution in [0.15, 0.2) is 85.2 Å². The van der Waals surface area contributed by atoms with Gasteiger partial charge >= 0.3 is 18.6 Å². The van der Waals surface area contributed by atoms with E-state index < -0.39 is 30.7 Å². The van der Waals surface area contributed by atoms with Crippen LogP contribution in [0.2, 0.25) is 10.0 Å². The average molecular weight is 783 g/mol. The molecule has 3 aromatic carbocycles. The minimum absolute atomic E-state index is 0.0460. The lowest BCUT2D eigenvalue weighted by atomic mass is 9.86. The van der Waals surface area contributed by atoms with Crippen LogP contribution in [0.25, 0.3) is 0 Å². The van der Waals surface area contributed by atoms with E-state index in [0.717, 1.165) is 51.2 Å². The molecule has 3 aliphatic heterocycles. The van der Waals surface area contributed by atoms with Crippen LogP contribution >= 0.6 is 23.2 Å². The fourth-order valence-electron chi connectivity index (χ4n) is 6.95. The van der Waals surface area contributed by atoms with E-state index in [0.29, 0.717) is 52.1 Å². The molecular formula is C40H39Cl2F2N3O7. The van der Waals surface area contributed by atoms with Crippen molar-refractivity contribution in [2.45, 2.75) is 57.0 Å². The van der Waals surface area contributed by atoms with E-state index in [1.807, 2.05) is 30.3 Å². The zero-order valence-electron chi connectivity index (χ0n) is 29.2. The smallest absolute Gasteiger partial charge is 0.387 e. The quantitative estimate of drug-likeness (QED) is 0.0730. The van der Waals surface area contributed by atoms with Crippen LogP contribution in [-0.2, 0) is 20.7 Å². The van der Waals surface area contributed by atoms with Gasteiger partial charge in [-0.15, -0.1) is 0 Å². The number of piperidine rings is 3. The lowest BCUT2D eigenvalue weighted by Gasteiger charge is -2.44. The number of esters is 2. The molecule has 10 nitrogen and oxygen atoms in total. The van der Waals surface area contributed by atoms with Crippen molar-refractivity contribution in [1.82, 2.24) is 4.90 Å². The van der Waals surface area contributed by atoms with Gasteiger partial charge in [0.15, 0.2) is 29.9 Å². The monoisotopic (exact) mass is 781 g/mol. The highest BCUT2D eigenvalue weighted by atomic mass is 35.5. The number of ether oxygens (including phenoxy) is 4. The molecule has 4 aromatic rings. The third kappa shape index (κ3) is 9.34. The zero-order valence-corrected chi connectivity index (χ0v) is 30.7. The number of carbonyl (C=O) groups is 2. The predicted octanol–water partition coefficient (Wildman–Crippen LogP) is 7.95. The summed E-state index contributed by atoms with van der Waals surface area (Å²) in [5.41, 5.74) is 2.05. The maximum Gasteiger partial charge on any atom is 0.387 e. The number of nitrogens with zero attached hydrogens (tertiary/aromatic N) is 2. The molecule has 1 saturated carbocycles. The van der Waals surface area contributed by atoms with Crippen molar-refractivity contribution >= 4 is 40.8 Å². The summed E-state index contributed by atoms with van der Waals surface area (Å²) in [5, 5.41) is 15.4. The number of hydrogen-bond donors (Lipinski definition) is 1. The van der Waals surface area contributed by atoms with Crippen molar-refractivity contribution in [1.29, 1.82) is 0 Å². The van der Waals surface area contributed by atoms with Gasteiger partial charge in [0.1, 0.15) is 22.3 Å². The van der Waals surface area contributed by atoms with Gasteiger partial charge in [0.25, 0.3) is 0 Å². The Labute approximate surface area is 321 Å². The highest BCUT2D eigenvalue weighted by Crippen LogP contribution is 2.38. The minimum atomic E-state index is -3.09. The number of pyridine rings is 1. The first kappa shape index (κ1) is 37.7. The second-order valence-electron chi connectivity index (χ2n) is 13.9. The maximum atomic E-state index is 13.9. The van der Waals surface area contributed by atoms with Crippen LogP contribution in [0.1, 0.15) is 64.9 Å². The summed E-state index contributed by atoms with van der Waals surface area (Å²) in [5.74, 6) is -0.606. The highest BCUT2D eigenvalue weighted by Gasteiger charge is 2.38. The van der Waals surface area contributed by atoms with Gasteiger partial charge in [0, 0.05) is 24.2 Å². The topological polar surface area (TPSA) is 113 Å². The molecule has 54 heavy (non-hydrogen) atoms. The van der Waals surface area contributed by atoms with Gasteiger partial charge in [-0.1, -0.05) is 65.7 Å². The number of hydrogen-bond acceptors (Lipinski definition) is 9. The Morgan fingerprint density at radius 2 is 1.65 bits per heavy atom. The number of anilines is 1. The molecule has 0 radical (unpaired) electrons. The Balaban J connectivity index is 1.14. The largest absolute Gasteiger partial charge is 0.619 e. The number of alkyl halides is 2. The summed E-state index contributed by atoms with van der Waals surface area (Å²) in [6.45, 7) is -0.0281. The van der Waals surface area contributed by atoms with Crippen LogP contribution in [-0.4, -0.2) is 55.8 Å². The first-order chi connectivity index (χ1) is 26.1. The van der Waals surface area contributed by atoms with Gasteiger partial charge < -0.3 is 29.5 Å². The highest BCUT2D eigenvalue weighted by molar-refractivity contribution is 6.35. The van der Waals surface area contributed by atoms with E-state index in [4.69, 9.17) is 42.1 Å². The van der Waals surface area contributed by atoms with E-state index >= 15 is 0 Å². The standard InChI is InChI=1S/C40H39Cl2F2N3O7/c41-31-20-47(50)21-32(42)30(31)19-34(27-11-12-33(54-40(43)44)35(18-27)51-23-24-9-10-24)52-38(48)28-7-4-8-29(17-28)45-37(26-5-2-1-3-6-26)39(49)53-36-22-46-15-13-25(36)14-16-46/h1-8,11-12,17-18,20-21,24-25,34,36-37,40,45H,9-10,13-16,19,22-23H2/t34-,36-,37-/m0/s1. The van der Waals surface area contributed by atoms with Gasteiger partial charge in [-0.3, -0.25) is 4.90 Å². The zero-order chi connectivity index (χ0) is 37.8. The van der Waals surface area contributed by atoms with E-state index in [9.17, 15) is 23.6 Å². The van der Waals surface area contributed by atoms with E-state index in [-0.39, 0.29) is 39.6 Å². The van der Waals surface area contributed by atoms with E-state index in [1.54, 1.807) is 24.3 Å². The Morgan fingerprint density at radius 3 is 2.31 bits per heavy atom. The van der Waals surface area contributed by atoms with Crippen LogP contribution in [0, 0.1) is 17.0 Å². The van der Waals surface area contributed by atoms with Crippen molar-refractivity contribution in [3.8, 4) is 11.5 Å². The lowest BCUT2D eigenvalue weighted by Crippen LogP contribution is -2.52. The fourth-order valence-corrected chi connectivity index (χ4v) is 7.55. The molecule has 0 spiro atoms. The predicted molar refractivity (Wildman–Crippen MR) is 197 cm³/mol. The first-order valence-corrected chi connectivity index (χ1v) is 18.7. The number of carbonyl (C=O) groups excluding carboxylic acids is 2. The van der Waals surface area contributed by atoms with Crippen molar-refractivity contribution in [2.75, 3.05) is 31.6 Å². The summed E-state index contributed by atoms with van der Waals surface area (Å²) >= 11 is 12.9. The Morgan fingerprint density at radius 1 is 0.907 bits per heavy atom. The molecule has 3 saturated heterocycles. The van der Waals surface area contributed by atoms with Crippen molar-refractivity contribution in [3.63, 3.8) is 0 Å². The van der Waals surface area contributed by atoms with Gasteiger partial charge in [-0.05, 0) is 92.1 Å². The van der Waals surface area contributed by atoms with Gasteiger partial charge in [-0.25, -0.2) is 9.59 Å². The number of benzene rings is 3. The van der Waals surface area contributed by atoms with Crippen molar-refractivity contribution in [3.05, 3.63) is 123 Å². The molecule has 4 fully saturated rings. The van der Waals surface area contributed by atoms with Crippen molar-refractivity contribution < 1.29 is 42.0 Å². The van der Waals surface area contributed by atoms with E-state index in [1.165, 1.54) is 18.2 Å². The van der Waals surface area contributed by atoms with Gasteiger partial charge in [0.05, 0.1) is 12.2 Å². The van der Waals surface area contributed by atoms with Crippen molar-refractivity contribution in [2.24, 2.45) is 11.8 Å². The molecule has 2 bridgehead atoms. The molecule has 1 aliphatic carbocycles. The molecule has 14 heteroatoms. The first-order valence-electron chi connectivity index (χ1n) is 17.9. The molecule has 0 amide bonds. The van der Waals surface area contributed by atoms with E-state index in [2.05, 4.69) is 10.2 Å². The summed E-state index contributed by atoms with van der Waals surface area (Å²) in [6, 6.07) is 19.2. The summed E-state index contributed by atoms with van der Waals surface area (Å²) in [7, 11) is 0. The number of fused-ring (bicyclic) bond motifs is 3. The van der Waals surface area contributed by atoms with Crippen LogP contribution in [0.4, 0.5) is 14.5 Å². The SMILES string of the molecule is O=C(O[C@@H](Cc1c(Cl)c[n+]([O-])cc1Cl)c1ccc(OC(F)F)c(OCC2CC2)c1)c1cccc(N[C@H](C(=O)O[C@H]2CN3CCC2CC3)c2ccccc2)c1. The molecule has 4 aliphatic rings. The van der Waals surface area contributed by atoms with Crippen LogP contribution in [0.3, 0.4) is 0 Å². The maximum absolute atomic E-state index is 13.9. The normalized spacial score (nSPS) is 20.2. The summed E-state index contributed by atoms with van der Waals surface area (Å²) in [6.07, 6.45) is 4.87. The third-order valence-electron chi connectivity index (χ3n) is 10.1. The Bertz CT molecular complexity index is 1940. The van der Waals surface area contributed by atoms with Crippen LogP contribution in [0.5, 0.6) is 11.5 Å². The number of rotatable bonds is 15. The number of halogens is 4. The lowest BCUT2D eigenvalue weighted by molar-refractivity contribution is -0.605. The Kier molecular flexibility index (Phi) is 11.7. The Hall–Kier alpha value is -4.65. The minimum Gasteiger partial charge on any atom is -0.619 e. The molecule has 8 rings (SSSR count). The number of aromatic nitrogens is 1. The second-order valence-corrected chi connectivity index (χ2v) is 14.7. The average Bonchev–Trinajstić information content (AvgIpc) is 4.00. The molecule has 3 atom stereocenters. The summed E-state index contributed by atoms with van der Waals surface area (Å²) in [4.78, 5) is 30.0. The van der Waals surface area contributed by atoms with Gasteiger partial charge in [0.2, 0.25) is 0 Å². The molecule has 1 N–H and O–H groups in total. The fraction of sp³-hybridized carbons (Fsp3) is 0.375. The molecule has 1 aromatic heterocycles. The molecular weight excluding hydrogens is 743 g/mol. The molecule has 0 unspecified atom stereocenters. The second kappa shape index (κ2) is 16.8. The van der Waals surface area contributed by atoms with Crippen LogP contribution < -0.4 is 19.5 Å². The molecule has 4 heterocycles. The summed E-state index contributed by atoms with van der Waals surface area (Å²) < 4.78 is 49.8. The molecule has 284 valence electrons. The number of nitrogens with one attached hydrogen (secondary N) is 1. The van der Waals surface area contributed by atoms with Gasteiger partial charge in [-0.2, -0.15) is 13.5 Å². The third-order valence-corrected chi connectivity index (χ3v) is 10.7.